The van der Waals surface area contributed by atoms with Gasteiger partial charge in [-0.1, -0.05) is 0 Å². The van der Waals surface area contributed by atoms with E-state index in [1.165, 1.54) is 0 Å². The van der Waals surface area contributed by atoms with E-state index in [0.29, 0.717) is 16.8 Å². The van der Waals surface area contributed by atoms with E-state index in [4.69, 9.17) is 0 Å². The fraction of sp³-hybridized carbons (Fsp3) is 0.200. The van der Waals surface area contributed by atoms with Crippen LogP contribution in [0.5, 0.6) is 0 Å². The lowest BCUT2D eigenvalue weighted by Crippen LogP contribution is -2.28. The van der Waals surface area contributed by atoms with Crippen LogP contribution in [0.15, 0.2) is 29.5 Å². The number of amides is 1. The molecule has 0 fully saturated rings. The first-order chi connectivity index (χ1) is 9.36. The van der Waals surface area contributed by atoms with Crippen molar-refractivity contribution in [3.05, 3.63) is 40.6 Å². The van der Waals surface area contributed by atoms with Crippen molar-refractivity contribution in [3.63, 3.8) is 0 Å². The Morgan fingerprint density at radius 1 is 1.40 bits per heavy atom. The number of carbonyl (C=O) groups is 1. The summed E-state index contributed by atoms with van der Waals surface area (Å²) in [5.74, 6) is -0.668. The van der Waals surface area contributed by atoms with Gasteiger partial charge in [-0.15, -0.1) is 0 Å². The van der Waals surface area contributed by atoms with E-state index >= 15 is 0 Å². The van der Waals surface area contributed by atoms with Crippen LogP contribution in [0.25, 0.3) is 0 Å². The lowest BCUT2D eigenvalue weighted by Gasteiger charge is -2.10. The zero-order chi connectivity index (χ0) is 14.8. The Bertz CT molecular complexity index is 662. The molecule has 7 nitrogen and oxygen atoms in total. The topological polar surface area (TPSA) is 92.7 Å². The van der Waals surface area contributed by atoms with Gasteiger partial charge in [-0.25, -0.2) is 5.10 Å². The highest BCUT2D eigenvalue weighted by molar-refractivity contribution is 5.88. The number of pyridine rings is 1. The average molecular weight is 287 g/mol. The monoisotopic (exact) mass is 287 g/mol. The largest absolute Gasteiger partial charge is 0.417 e. The summed E-state index contributed by atoms with van der Waals surface area (Å²) in [6.45, 7) is -0.566. The first kappa shape index (κ1) is 13.8. The number of nitrogens with one attached hydrogen (secondary N) is 2. The Morgan fingerprint density at radius 3 is 2.75 bits per heavy atom. The molecule has 0 aromatic carbocycles. The van der Waals surface area contributed by atoms with Crippen molar-refractivity contribution in [2.75, 3.05) is 5.32 Å². The average Bonchev–Trinajstić information content (AvgIpc) is 2.83. The highest BCUT2D eigenvalue weighted by atomic mass is 19.4. The minimum Gasteiger partial charge on any atom is -0.305 e. The number of nitrogens with zero attached hydrogens (tertiary/aromatic N) is 3. The summed E-state index contributed by atoms with van der Waals surface area (Å²) in [5.41, 5.74) is -1.73. The molecule has 106 valence electrons. The Labute approximate surface area is 109 Å². The molecule has 20 heavy (non-hydrogen) atoms. The fourth-order valence-corrected chi connectivity index (χ4v) is 1.41. The molecule has 0 bridgehead atoms. The van der Waals surface area contributed by atoms with Crippen LogP contribution in [0.3, 0.4) is 0 Å². The van der Waals surface area contributed by atoms with E-state index in [-0.39, 0.29) is 5.95 Å². The van der Waals surface area contributed by atoms with Crippen molar-refractivity contribution in [3.8, 4) is 0 Å². The Balaban J connectivity index is 2.16. The summed E-state index contributed by atoms with van der Waals surface area (Å²) < 4.78 is 38.2. The number of aromatic amines is 1. The van der Waals surface area contributed by atoms with Gasteiger partial charge in [0.1, 0.15) is 12.9 Å². The van der Waals surface area contributed by atoms with Gasteiger partial charge >= 0.3 is 6.18 Å². The lowest BCUT2D eigenvalue weighted by molar-refractivity contribution is -0.138. The Morgan fingerprint density at radius 2 is 2.15 bits per heavy atom. The van der Waals surface area contributed by atoms with Crippen LogP contribution >= 0.6 is 0 Å². The highest BCUT2D eigenvalue weighted by Crippen LogP contribution is 2.27. The summed E-state index contributed by atoms with van der Waals surface area (Å²) in [6, 6.07) is 1.41. The van der Waals surface area contributed by atoms with Crippen LogP contribution in [-0.4, -0.2) is 25.7 Å². The quantitative estimate of drug-likeness (QED) is 0.865. The normalized spacial score (nSPS) is 11.3. The minimum absolute atomic E-state index is 0.0371. The molecule has 2 N–H and O–H groups in total. The zero-order valence-corrected chi connectivity index (χ0v) is 9.81. The third-order valence-corrected chi connectivity index (χ3v) is 2.30. The second-order valence-corrected chi connectivity index (χ2v) is 3.76. The van der Waals surface area contributed by atoms with Crippen LogP contribution in [0.1, 0.15) is 5.56 Å². The molecule has 2 aromatic rings. The third-order valence-electron chi connectivity index (χ3n) is 2.30. The molecule has 2 heterocycles. The first-order valence-corrected chi connectivity index (χ1v) is 5.29. The van der Waals surface area contributed by atoms with Gasteiger partial charge in [-0.2, -0.15) is 23.3 Å². The fourth-order valence-electron chi connectivity index (χ4n) is 1.41. The molecule has 0 atom stereocenters. The van der Waals surface area contributed by atoms with Gasteiger partial charge in [0, 0.05) is 12.3 Å². The molecule has 0 saturated carbocycles. The molecule has 2 rings (SSSR count). The van der Waals surface area contributed by atoms with Crippen molar-refractivity contribution in [2.45, 2.75) is 12.7 Å². The molecule has 1 amide bonds. The highest BCUT2D eigenvalue weighted by Gasteiger charge is 2.31. The number of aromatic nitrogens is 4. The first-order valence-electron chi connectivity index (χ1n) is 5.29. The second kappa shape index (κ2) is 5.15. The third kappa shape index (κ3) is 3.22. The van der Waals surface area contributed by atoms with E-state index in [0.717, 1.165) is 12.4 Å². The van der Waals surface area contributed by atoms with Gasteiger partial charge in [0.25, 0.3) is 5.56 Å². The maximum atomic E-state index is 12.5. The molecule has 0 saturated heterocycles. The minimum atomic E-state index is -4.59. The molecule has 0 aliphatic rings. The number of alkyl halides is 3. The van der Waals surface area contributed by atoms with Crippen LogP contribution in [0, 0.1) is 0 Å². The van der Waals surface area contributed by atoms with Crippen molar-refractivity contribution < 1.29 is 18.0 Å². The summed E-state index contributed by atoms with van der Waals surface area (Å²) in [5, 5.41) is 8.07. The molecule has 10 heteroatoms. The van der Waals surface area contributed by atoms with E-state index in [2.05, 4.69) is 20.5 Å². The van der Waals surface area contributed by atoms with Gasteiger partial charge < -0.3 is 4.57 Å². The molecular formula is C10H8F3N5O2. The lowest BCUT2D eigenvalue weighted by atomic mass is 10.3. The van der Waals surface area contributed by atoms with Gasteiger partial charge in [0.15, 0.2) is 0 Å². The number of halogens is 3. The van der Waals surface area contributed by atoms with E-state index in [1.807, 2.05) is 0 Å². The van der Waals surface area contributed by atoms with Crippen LogP contribution in [-0.2, 0) is 17.5 Å². The standard InChI is InChI=1S/C10H8F3N5O2/c11-10(12,13)6-1-2-8(20)18(3-6)4-7(19)16-9-14-5-15-17-9/h1-3,5H,4H2,(H2,14,15,16,17,19). The number of rotatable bonds is 3. The van der Waals surface area contributed by atoms with Gasteiger partial charge in [-0.3, -0.25) is 14.9 Å². The summed E-state index contributed by atoms with van der Waals surface area (Å²) in [7, 11) is 0. The molecule has 0 spiro atoms. The van der Waals surface area contributed by atoms with Crippen molar-refractivity contribution in [2.24, 2.45) is 0 Å². The Hall–Kier alpha value is -2.65. The maximum Gasteiger partial charge on any atom is 0.417 e. The summed E-state index contributed by atoms with van der Waals surface area (Å²) in [4.78, 5) is 26.6. The maximum absolute atomic E-state index is 12.5. The SMILES string of the molecule is O=C(Cn1cc(C(F)(F)F)ccc1=O)Nc1ncn[nH]1. The van der Waals surface area contributed by atoms with Gasteiger partial charge in [0.2, 0.25) is 11.9 Å². The number of carbonyl (C=O) groups excluding carboxylic acids is 1. The number of hydrogen-bond acceptors (Lipinski definition) is 4. The predicted octanol–water partition coefficient (Wildman–Crippen LogP) is 0.624. The van der Waals surface area contributed by atoms with Gasteiger partial charge in [0.05, 0.1) is 5.56 Å². The van der Waals surface area contributed by atoms with E-state index in [9.17, 15) is 22.8 Å². The smallest absolute Gasteiger partial charge is 0.305 e. The molecule has 0 unspecified atom stereocenters. The van der Waals surface area contributed by atoms with Crippen molar-refractivity contribution in [1.82, 2.24) is 19.7 Å². The zero-order valence-electron chi connectivity index (χ0n) is 9.81. The molecule has 0 aliphatic carbocycles. The van der Waals surface area contributed by atoms with E-state index in [1.54, 1.807) is 0 Å². The molecule has 2 aromatic heterocycles. The Kier molecular flexibility index (Phi) is 3.55. The van der Waals surface area contributed by atoms with Crippen LogP contribution in [0.4, 0.5) is 19.1 Å². The van der Waals surface area contributed by atoms with E-state index < -0.39 is 29.8 Å². The summed E-state index contributed by atoms with van der Waals surface area (Å²) in [6.07, 6.45) is -2.86. The molecular weight excluding hydrogens is 279 g/mol. The van der Waals surface area contributed by atoms with Crippen molar-refractivity contribution in [1.29, 1.82) is 0 Å². The molecule has 0 aliphatic heterocycles. The second-order valence-electron chi connectivity index (χ2n) is 3.76. The predicted molar refractivity (Wildman–Crippen MR) is 60.7 cm³/mol. The number of anilines is 1. The van der Waals surface area contributed by atoms with Gasteiger partial charge in [-0.05, 0) is 6.07 Å². The van der Waals surface area contributed by atoms with Crippen LogP contribution < -0.4 is 10.9 Å². The summed E-state index contributed by atoms with van der Waals surface area (Å²) >= 11 is 0. The number of H-pyrrole nitrogens is 1. The van der Waals surface area contributed by atoms with Crippen molar-refractivity contribution >= 4 is 11.9 Å². The molecule has 0 radical (unpaired) electrons. The van der Waals surface area contributed by atoms with Crippen LogP contribution in [0.2, 0.25) is 0 Å². The number of hydrogen-bond donors (Lipinski definition) is 2.